The number of nitrogens with zero attached hydrogens (tertiary/aromatic N) is 4. The van der Waals surface area contributed by atoms with Gasteiger partial charge in [0.05, 0.1) is 5.69 Å². The lowest BCUT2D eigenvalue weighted by Gasteiger charge is -2.02. The van der Waals surface area contributed by atoms with Gasteiger partial charge in [0.2, 0.25) is 0 Å². The van der Waals surface area contributed by atoms with Crippen LogP contribution in [-0.4, -0.2) is 25.7 Å². The predicted octanol–water partition coefficient (Wildman–Crippen LogP) is 2.19. The standard InChI is InChI=1S/C10H10ClN5OS/c1-2-3-6-9(18-16-13-6)10(17)12-8-5-4-7(11)14-15-8/h4-5H,2-3H2,1H3,(H,12,15,17). The van der Waals surface area contributed by atoms with Crippen LogP contribution >= 0.6 is 23.1 Å². The first-order valence-electron chi connectivity index (χ1n) is 5.32. The second kappa shape index (κ2) is 5.83. The number of halogens is 1. The third kappa shape index (κ3) is 2.99. The first kappa shape index (κ1) is 12.8. The zero-order valence-electron chi connectivity index (χ0n) is 9.55. The van der Waals surface area contributed by atoms with Crippen LogP contribution < -0.4 is 5.32 Å². The number of anilines is 1. The van der Waals surface area contributed by atoms with Crippen molar-refractivity contribution in [2.45, 2.75) is 19.8 Å². The number of amides is 1. The molecule has 2 aromatic rings. The number of aromatic nitrogens is 4. The van der Waals surface area contributed by atoms with Gasteiger partial charge in [-0.25, -0.2) is 0 Å². The molecule has 0 radical (unpaired) electrons. The lowest BCUT2D eigenvalue weighted by molar-refractivity contribution is 0.102. The summed E-state index contributed by atoms with van der Waals surface area (Å²) in [6.45, 7) is 2.02. The molecule has 0 bridgehead atoms. The van der Waals surface area contributed by atoms with Gasteiger partial charge in [-0.1, -0.05) is 29.4 Å². The van der Waals surface area contributed by atoms with Gasteiger partial charge in [0, 0.05) is 0 Å². The highest BCUT2D eigenvalue weighted by atomic mass is 35.5. The SMILES string of the molecule is CCCc1nnsc1C(=O)Nc1ccc(Cl)nn1. The van der Waals surface area contributed by atoms with E-state index in [9.17, 15) is 4.79 Å². The predicted molar refractivity (Wildman–Crippen MR) is 68.9 cm³/mol. The average Bonchev–Trinajstić information content (AvgIpc) is 2.81. The number of nitrogens with one attached hydrogen (secondary N) is 1. The molecule has 2 rings (SSSR count). The van der Waals surface area contributed by atoms with Crippen molar-refractivity contribution in [3.8, 4) is 0 Å². The maximum atomic E-state index is 12.0. The van der Waals surface area contributed by atoms with E-state index in [2.05, 4.69) is 25.1 Å². The second-order valence-electron chi connectivity index (χ2n) is 3.49. The highest BCUT2D eigenvalue weighted by Gasteiger charge is 2.16. The Bertz CT molecular complexity index is 541. The zero-order valence-corrected chi connectivity index (χ0v) is 11.1. The highest BCUT2D eigenvalue weighted by Crippen LogP contribution is 2.15. The molecule has 18 heavy (non-hydrogen) atoms. The Morgan fingerprint density at radius 2 is 2.22 bits per heavy atom. The Hall–Kier alpha value is -1.60. The maximum Gasteiger partial charge on any atom is 0.270 e. The summed E-state index contributed by atoms with van der Waals surface area (Å²) in [5, 5.41) is 14.2. The van der Waals surface area contributed by atoms with Crippen molar-refractivity contribution in [1.29, 1.82) is 0 Å². The molecule has 1 N–H and O–H groups in total. The summed E-state index contributed by atoms with van der Waals surface area (Å²) in [6.07, 6.45) is 1.64. The monoisotopic (exact) mass is 283 g/mol. The molecule has 0 aromatic carbocycles. The van der Waals surface area contributed by atoms with Crippen LogP contribution in [0.25, 0.3) is 0 Å². The van der Waals surface area contributed by atoms with Crippen LogP contribution in [0.3, 0.4) is 0 Å². The van der Waals surface area contributed by atoms with Crippen LogP contribution in [0.5, 0.6) is 0 Å². The molecule has 0 fully saturated rings. The van der Waals surface area contributed by atoms with Crippen LogP contribution in [0.2, 0.25) is 5.15 Å². The minimum absolute atomic E-state index is 0.273. The van der Waals surface area contributed by atoms with Crippen molar-refractivity contribution in [3.05, 3.63) is 27.9 Å². The van der Waals surface area contributed by atoms with Crippen molar-refractivity contribution in [3.63, 3.8) is 0 Å². The van der Waals surface area contributed by atoms with Gasteiger partial charge in [0.25, 0.3) is 5.91 Å². The number of carbonyl (C=O) groups excluding carboxylic acids is 1. The normalized spacial score (nSPS) is 10.3. The van der Waals surface area contributed by atoms with Gasteiger partial charge in [0.15, 0.2) is 11.0 Å². The van der Waals surface area contributed by atoms with Crippen molar-refractivity contribution in [2.75, 3.05) is 5.32 Å². The first-order valence-corrected chi connectivity index (χ1v) is 6.47. The number of hydrogen-bond donors (Lipinski definition) is 1. The maximum absolute atomic E-state index is 12.0. The van der Waals surface area contributed by atoms with E-state index in [0.29, 0.717) is 16.4 Å². The summed E-state index contributed by atoms with van der Waals surface area (Å²) < 4.78 is 3.79. The molecule has 0 aliphatic rings. The number of hydrogen-bond acceptors (Lipinski definition) is 6. The van der Waals surface area contributed by atoms with Gasteiger partial charge < -0.3 is 5.32 Å². The Kier molecular flexibility index (Phi) is 4.16. The molecule has 1 amide bonds. The van der Waals surface area contributed by atoms with E-state index >= 15 is 0 Å². The van der Waals surface area contributed by atoms with Gasteiger partial charge in [0.1, 0.15) is 4.88 Å². The molecule has 0 saturated heterocycles. The Morgan fingerprint density at radius 3 is 2.89 bits per heavy atom. The summed E-state index contributed by atoms with van der Waals surface area (Å²) in [5.41, 5.74) is 0.710. The van der Waals surface area contributed by atoms with E-state index in [-0.39, 0.29) is 11.1 Å². The zero-order chi connectivity index (χ0) is 13.0. The third-order valence-corrected chi connectivity index (χ3v) is 3.09. The molecule has 8 heteroatoms. The molecule has 0 aliphatic carbocycles. The lowest BCUT2D eigenvalue weighted by Crippen LogP contribution is -2.13. The van der Waals surface area contributed by atoms with E-state index < -0.39 is 0 Å². The fourth-order valence-corrected chi connectivity index (χ4v) is 2.04. The van der Waals surface area contributed by atoms with E-state index in [1.165, 1.54) is 0 Å². The van der Waals surface area contributed by atoms with Crippen molar-refractivity contribution >= 4 is 34.9 Å². The van der Waals surface area contributed by atoms with E-state index in [4.69, 9.17) is 11.6 Å². The molecular formula is C10H10ClN5OS. The Labute approximate surface area is 113 Å². The molecule has 0 saturated carbocycles. The van der Waals surface area contributed by atoms with E-state index in [1.807, 2.05) is 6.92 Å². The molecule has 6 nitrogen and oxygen atoms in total. The molecule has 0 spiro atoms. The first-order chi connectivity index (χ1) is 8.70. The summed E-state index contributed by atoms with van der Waals surface area (Å²) in [7, 11) is 0. The average molecular weight is 284 g/mol. The lowest BCUT2D eigenvalue weighted by atomic mass is 10.2. The van der Waals surface area contributed by atoms with Crippen LogP contribution in [0, 0.1) is 0 Å². The van der Waals surface area contributed by atoms with Gasteiger partial charge in [-0.05, 0) is 30.1 Å². The van der Waals surface area contributed by atoms with E-state index in [1.54, 1.807) is 12.1 Å². The minimum atomic E-state index is -0.273. The van der Waals surface area contributed by atoms with Crippen LogP contribution in [0.1, 0.15) is 28.7 Å². The largest absolute Gasteiger partial charge is 0.304 e. The van der Waals surface area contributed by atoms with Crippen molar-refractivity contribution in [1.82, 2.24) is 19.8 Å². The Balaban J connectivity index is 2.11. The fourth-order valence-electron chi connectivity index (χ4n) is 1.34. The van der Waals surface area contributed by atoms with Crippen LogP contribution in [0.4, 0.5) is 5.82 Å². The van der Waals surface area contributed by atoms with E-state index in [0.717, 1.165) is 24.4 Å². The van der Waals surface area contributed by atoms with Crippen molar-refractivity contribution < 1.29 is 4.79 Å². The number of carbonyl (C=O) groups is 1. The van der Waals surface area contributed by atoms with Crippen LogP contribution in [0.15, 0.2) is 12.1 Å². The number of aryl methyl sites for hydroxylation is 1. The van der Waals surface area contributed by atoms with Gasteiger partial charge in [-0.2, -0.15) is 0 Å². The second-order valence-corrected chi connectivity index (χ2v) is 4.64. The summed E-state index contributed by atoms with van der Waals surface area (Å²) >= 11 is 6.68. The van der Waals surface area contributed by atoms with Gasteiger partial charge in [-0.15, -0.1) is 15.3 Å². The third-order valence-electron chi connectivity index (χ3n) is 2.12. The quantitative estimate of drug-likeness (QED) is 0.930. The molecule has 0 atom stereocenters. The molecule has 2 aromatic heterocycles. The minimum Gasteiger partial charge on any atom is -0.304 e. The molecule has 2 heterocycles. The fraction of sp³-hybridized carbons (Fsp3) is 0.300. The summed E-state index contributed by atoms with van der Waals surface area (Å²) in [5.74, 6) is 0.0744. The summed E-state index contributed by atoms with van der Waals surface area (Å²) in [4.78, 5) is 12.5. The summed E-state index contributed by atoms with van der Waals surface area (Å²) in [6, 6.07) is 3.14. The van der Waals surface area contributed by atoms with Crippen molar-refractivity contribution in [2.24, 2.45) is 0 Å². The van der Waals surface area contributed by atoms with Crippen LogP contribution in [-0.2, 0) is 6.42 Å². The van der Waals surface area contributed by atoms with Gasteiger partial charge >= 0.3 is 0 Å². The topological polar surface area (TPSA) is 80.7 Å². The Morgan fingerprint density at radius 1 is 1.39 bits per heavy atom. The molecular weight excluding hydrogens is 274 g/mol. The smallest absolute Gasteiger partial charge is 0.270 e. The van der Waals surface area contributed by atoms with Gasteiger partial charge in [-0.3, -0.25) is 4.79 Å². The molecule has 94 valence electrons. The molecule has 0 aliphatic heterocycles. The molecule has 0 unspecified atom stereocenters. The number of rotatable bonds is 4. The highest BCUT2D eigenvalue weighted by molar-refractivity contribution is 7.08.